The van der Waals surface area contributed by atoms with Crippen molar-refractivity contribution < 1.29 is 0 Å². The number of fused-ring (bicyclic) bond motifs is 11. The maximum atomic E-state index is 2.54. The number of hydrogen-bond acceptors (Lipinski definition) is 1. The lowest BCUT2D eigenvalue weighted by Gasteiger charge is -2.33. The highest BCUT2D eigenvalue weighted by atomic mass is 15.1. The average Bonchev–Trinajstić information content (AvgIpc) is 3.62. The van der Waals surface area contributed by atoms with E-state index in [1.165, 1.54) is 91.7 Å². The highest BCUT2D eigenvalue weighted by molar-refractivity contribution is 6.00. The first-order chi connectivity index (χ1) is 23.8. The summed E-state index contributed by atoms with van der Waals surface area (Å²) in [4.78, 5) is 2.47. The molecule has 1 nitrogen and oxygen atoms in total. The van der Waals surface area contributed by atoms with Gasteiger partial charge in [-0.1, -0.05) is 127 Å². The van der Waals surface area contributed by atoms with E-state index in [-0.39, 0.29) is 0 Å². The van der Waals surface area contributed by atoms with Gasteiger partial charge < -0.3 is 4.90 Å². The van der Waals surface area contributed by atoms with Crippen molar-refractivity contribution in [2.45, 2.75) is 31.1 Å². The molecule has 0 saturated heterocycles. The molecule has 10 rings (SSSR count). The molecular formula is C47H35N. The second kappa shape index (κ2) is 10.7. The van der Waals surface area contributed by atoms with Crippen LogP contribution in [0.4, 0.5) is 17.1 Å². The van der Waals surface area contributed by atoms with E-state index in [1.807, 2.05) is 0 Å². The first kappa shape index (κ1) is 27.5. The number of anilines is 3. The minimum Gasteiger partial charge on any atom is -0.310 e. The Labute approximate surface area is 282 Å². The first-order valence-electron chi connectivity index (χ1n) is 17.3. The molecular weight excluding hydrogens is 579 g/mol. The molecule has 0 amide bonds. The van der Waals surface area contributed by atoms with E-state index >= 15 is 0 Å². The van der Waals surface area contributed by atoms with Gasteiger partial charge in [0, 0.05) is 16.9 Å². The number of rotatable bonds is 4. The second-order valence-electron chi connectivity index (χ2n) is 13.5. The monoisotopic (exact) mass is 613 g/mol. The number of hydrogen-bond donors (Lipinski definition) is 0. The normalized spacial score (nSPS) is 14.5. The Balaban J connectivity index is 1.34. The second-order valence-corrected chi connectivity index (χ2v) is 13.5. The largest absolute Gasteiger partial charge is 0.310 e. The van der Waals surface area contributed by atoms with Crippen molar-refractivity contribution in [3.8, 4) is 33.4 Å². The summed E-state index contributed by atoms with van der Waals surface area (Å²) in [6, 6.07) is 61.4. The van der Waals surface area contributed by atoms with E-state index in [4.69, 9.17) is 0 Å². The van der Waals surface area contributed by atoms with Crippen LogP contribution in [0, 0.1) is 0 Å². The lowest BCUT2D eigenvalue weighted by atomic mass is 9.70. The fourth-order valence-electron chi connectivity index (χ4n) is 9.03. The van der Waals surface area contributed by atoms with Gasteiger partial charge in [0.2, 0.25) is 0 Å². The standard InChI is InChI=1S/C47H35N/c1-3-17-35(18-4-1)48(36-19-5-2-6-20-36)46-31-45-41(30-40(46)34-28-27-32-15-7-8-16-33(32)29-34)39-23-11-14-26-44(39)47(45)42-24-12-9-21-37(42)38-22-10-13-25-43(38)47/h1-6,9-14,17-31H,7-8,15-16H2. The van der Waals surface area contributed by atoms with Gasteiger partial charge in [-0.3, -0.25) is 0 Å². The summed E-state index contributed by atoms with van der Waals surface area (Å²) < 4.78 is 0. The maximum Gasteiger partial charge on any atom is 0.0726 e. The zero-order valence-electron chi connectivity index (χ0n) is 26.9. The molecule has 48 heavy (non-hydrogen) atoms. The van der Waals surface area contributed by atoms with E-state index in [9.17, 15) is 0 Å². The highest BCUT2D eigenvalue weighted by Crippen LogP contribution is 2.64. The Morgan fingerprint density at radius 3 is 1.46 bits per heavy atom. The van der Waals surface area contributed by atoms with Gasteiger partial charge in [0.25, 0.3) is 0 Å². The Kier molecular flexibility index (Phi) is 6.11. The van der Waals surface area contributed by atoms with Crippen molar-refractivity contribution in [3.63, 3.8) is 0 Å². The van der Waals surface area contributed by atoms with E-state index < -0.39 is 5.41 Å². The molecule has 0 bridgehead atoms. The zero-order valence-corrected chi connectivity index (χ0v) is 26.9. The summed E-state index contributed by atoms with van der Waals surface area (Å²) >= 11 is 0. The van der Waals surface area contributed by atoms with Gasteiger partial charge in [-0.25, -0.2) is 0 Å². The fourth-order valence-corrected chi connectivity index (χ4v) is 9.03. The lowest BCUT2D eigenvalue weighted by molar-refractivity contribution is 0.686. The van der Waals surface area contributed by atoms with Crippen LogP contribution in [-0.2, 0) is 18.3 Å². The Morgan fingerprint density at radius 1 is 0.375 bits per heavy atom. The van der Waals surface area contributed by atoms with Crippen LogP contribution in [0.1, 0.15) is 46.2 Å². The highest BCUT2D eigenvalue weighted by Gasteiger charge is 2.52. The lowest BCUT2D eigenvalue weighted by Crippen LogP contribution is -2.26. The summed E-state index contributed by atoms with van der Waals surface area (Å²) in [5, 5.41) is 0. The zero-order chi connectivity index (χ0) is 31.7. The van der Waals surface area contributed by atoms with Crippen molar-refractivity contribution in [2.75, 3.05) is 4.90 Å². The van der Waals surface area contributed by atoms with Gasteiger partial charge in [0.15, 0.2) is 0 Å². The van der Waals surface area contributed by atoms with Gasteiger partial charge in [-0.05, 0) is 123 Å². The smallest absolute Gasteiger partial charge is 0.0726 e. The Hall–Kier alpha value is -5.66. The average molecular weight is 614 g/mol. The molecule has 7 aromatic carbocycles. The fraction of sp³-hybridized carbons (Fsp3) is 0.106. The first-order valence-corrected chi connectivity index (χ1v) is 17.3. The van der Waals surface area contributed by atoms with E-state index in [0.717, 1.165) is 17.8 Å². The maximum absolute atomic E-state index is 2.54. The van der Waals surface area contributed by atoms with Gasteiger partial charge in [-0.2, -0.15) is 0 Å². The van der Waals surface area contributed by atoms with Crippen LogP contribution in [-0.4, -0.2) is 0 Å². The predicted molar refractivity (Wildman–Crippen MR) is 200 cm³/mol. The number of benzene rings is 7. The van der Waals surface area contributed by atoms with Crippen LogP contribution >= 0.6 is 0 Å². The summed E-state index contributed by atoms with van der Waals surface area (Å²) in [5.41, 5.74) is 19.5. The molecule has 1 spiro atoms. The topological polar surface area (TPSA) is 3.24 Å². The van der Waals surface area contributed by atoms with Crippen molar-refractivity contribution in [1.29, 1.82) is 0 Å². The van der Waals surface area contributed by atoms with Gasteiger partial charge in [-0.15, -0.1) is 0 Å². The summed E-state index contributed by atoms with van der Waals surface area (Å²) in [6.07, 6.45) is 4.89. The molecule has 0 saturated carbocycles. The van der Waals surface area contributed by atoms with E-state index in [2.05, 4.69) is 169 Å². The van der Waals surface area contributed by atoms with Crippen LogP contribution in [0.15, 0.2) is 164 Å². The summed E-state index contributed by atoms with van der Waals surface area (Å²) in [7, 11) is 0. The third-order valence-corrected chi connectivity index (χ3v) is 11.0. The summed E-state index contributed by atoms with van der Waals surface area (Å²) in [5.74, 6) is 0. The van der Waals surface area contributed by atoms with Crippen LogP contribution < -0.4 is 4.90 Å². The van der Waals surface area contributed by atoms with Crippen molar-refractivity contribution in [1.82, 2.24) is 0 Å². The quantitative estimate of drug-likeness (QED) is 0.191. The van der Waals surface area contributed by atoms with Gasteiger partial charge >= 0.3 is 0 Å². The van der Waals surface area contributed by atoms with E-state index in [1.54, 1.807) is 0 Å². The van der Waals surface area contributed by atoms with Crippen LogP contribution in [0.3, 0.4) is 0 Å². The SMILES string of the molecule is c1ccc(N(c2ccccc2)c2cc3c(cc2-c2ccc4c(c2)CCCC4)-c2ccccc2C32c3ccccc3-c3ccccc32)cc1. The van der Waals surface area contributed by atoms with Crippen LogP contribution in [0.2, 0.25) is 0 Å². The summed E-state index contributed by atoms with van der Waals surface area (Å²) in [6.45, 7) is 0. The molecule has 0 atom stereocenters. The number of aryl methyl sites for hydroxylation is 2. The number of nitrogens with zero attached hydrogens (tertiary/aromatic N) is 1. The van der Waals surface area contributed by atoms with Gasteiger partial charge in [0.05, 0.1) is 11.1 Å². The molecule has 0 N–H and O–H groups in total. The molecule has 0 heterocycles. The molecule has 0 unspecified atom stereocenters. The number of para-hydroxylation sites is 2. The van der Waals surface area contributed by atoms with Crippen molar-refractivity contribution >= 4 is 17.1 Å². The van der Waals surface area contributed by atoms with Gasteiger partial charge in [0.1, 0.15) is 0 Å². The third-order valence-electron chi connectivity index (χ3n) is 11.0. The minimum absolute atomic E-state index is 0.401. The third kappa shape index (κ3) is 3.85. The molecule has 0 aromatic heterocycles. The molecule has 228 valence electrons. The molecule has 3 aliphatic carbocycles. The van der Waals surface area contributed by atoms with Crippen LogP contribution in [0.5, 0.6) is 0 Å². The van der Waals surface area contributed by atoms with Crippen molar-refractivity contribution in [2.24, 2.45) is 0 Å². The molecule has 3 aliphatic rings. The van der Waals surface area contributed by atoms with Crippen LogP contribution in [0.25, 0.3) is 33.4 Å². The minimum atomic E-state index is -0.401. The Bertz CT molecular complexity index is 2270. The van der Waals surface area contributed by atoms with Crippen molar-refractivity contribution in [3.05, 3.63) is 197 Å². The molecule has 7 aromatic rings. The van der Waals surface area contributed by atoms with E-state index in [0.29, 0.717) is 0 Å². The Morgan fingerprint density at radius 2 is 0.875 bits per heavy atom. The molecule has 0 aliphatic heterocycles. The molecule has 0 radical (unpaired) electrons. The predicted octanol–water partition coefficient (Wildman–Crippen LogP) is 12.0. The molecule has 1 heteroatoms. The molecule has 0 fully saturated rings.